The molecule has 0 saturated heterocycles. The molecule has 0 heteroatoms. The van der Waals surface area contributed by atoms with E-state index in [2.05, 4.69) is 63.2 Å². The van der Waals surface area contributed by atoms with Gasteiger partial charge < -0.3 is 0 Å². The molecule has 0 aliphatic heterocycles. The molecule has 1 aliphatic rings. The lowest BCUT2D eigenvalue weighted by Crippen LogP contribution is -2.01. The molecule has 0 atom stereocenters. The molecule has 0 bridgehead atoms. The summed E-state index contributed by atoms with van der Waals surface area (Å²) in [5.74, 6) is 0. The van der Waals surface area contributed by atoms with Crippen molar-refractivity contribution in [2.45, 2.75) is 72.1 Å². The fraction of sp³-hybridized carbons (Fsp3) is 0.440. The predicted molar refractivity (Wildman–Crippen MR) is 111 cm³/mol. The smallest absolute Gasteiger partial charge is 0.00107 e. The molecule has 0 heterocycles. The lowest BCUT2D eigenvalue weighted by Gasteiger charge is -2.17. The van der Waals surface area contributed by atoms with Crippen molar-refractivity contribution in [3.8, 4) is 0 Å². The summed E-state index contributed by atoms with van der Waals surface area (Å²) >= 11 is 0. The highest BCUT2D eigenvalue weighted by Crippen LogP contribution is 2.42. The first-order valence-corrected chi connectivity index (χ1v) is 10.2. The molecule has 0 unspecified atom stereocenters. The highest BCUT2D eigenvalue weighted by Gasteiger charge is 2.23. The summed E-state index contributed by atoms with van der Waals surface area (Å²) < 4.78 is 0. The predicted octanol–water partition coefficient (Wildman–Crippen LogP) is 7.25. The normalized spacial score (nSPS) is 13.4. The monoisotopic (exact) mass is 332 g/mol. The van der Waals surface area contributed by atoms with Crippen molar-refractivity contribution in [1.82, 2.24) is 0 Å². The van der Waals surface area contributed by atoms with Gasteiger partial charge in [0.25, 0.3) is 0 Å². The Bertz CT molecular complexity index is 748. The largest absolute Gasteiger partial charge is 0.0654 e. The minimum atomic E-state index is 1.11. The van der Waals surface area contributed by atoms with E-state index >= 15 is 0 Å². The van der Waals surface area contributed by atoms with Gasteiger partial charge in [0.05, 0.1) is 0 Å². The van der Waals surface area contributed by atoms with Crippen LogP contribution in [0.25, 0.3) is 11.1 Å². The van der Waals surface area contributed by atoms with E-state index in [0.717, 1.165) is 6.42 Å². The molecule has 1 aliphatic carbocycles. The van der Waals surface area contributed by atoms with Crippen molar-refractivity contribution in [1.29, 1.82) is 0 Å². The van der Waals surface area contributed by atoms with E-state index in [1.807, 2.05) is 0 Å². The van der Waals surface area contributed by atoms with Gasteiger partial charge in [-0.25, -0.2) is 0 Å². The molecule has 0 spiro atoms. The summed E-state index contributed by atoms with van der Waals surface area (Å²) in [5, 5.41) is 0. The Kier molecular flexibility index (Phi) is 6.13. The van der Waals surface area contributed by atoms with Crippen LogP contribution in [0.15, 0.2) is 42.5 Å². The highest BCUT2D eigenvalue weighted by molar-refractivity contribution is 5.97. The summed E-state index contributed by atoms with van der Waals surface area (Å²) in [6.07, 6.45) is 9.72. The second-order valence-corrected chi connectivity index (χ2v) is 7.34. The number of aryl methyl sites for hydroxylation is 1. The maximum absolute atomic E-state index is 2.39. The number of benzene rings is 2. The Balaban J connectivity index is 2.11. The maximum atomic E-state index is 2.39. The van der Waals surface area contributed by atoms with Gasteiger partial charge in [0.15, 0.2) is 0 Å². The molecule has 0 fully saturated rings. The van der Waals surface area contributed by atoms with Gasteiger partial charge >= 0.3 is 0 Å². The zero-order valence-corrected chi connectivity index (χ0v) is 16.2. The number of hydrogen-bond acceptors (Lipinski definition) is 0. The van der Waals surface area contributed by atoms with E-state index in [1.165, 1.54) is 61.6 Å². The van der Waals surface area contributed by atoms with Crippen LogP contribution in [0, 0.1) is 0 Å². The molecule has 25 heavy (non-hydrogen) atoms. The molecule has 0 radical (unpaired) electrons. The van der Waals surface area contributed by atoms with Gasteiger partial charge in [-0.05, 0) is 71.1 Å². The average Bonchev–Trinajstić information content (AvgIpc) is 3.00. The first kappa shape index (κ1) is 18.0. The molecule has 0 amide bonds. The van der Waals surface area contributed by atoms with E-state index in [4.69, 9.17) is 0 Å². The molecule has 0 N–H and O–H groups in total. The van der Waals surface area contributed by atoms with Crippen LogP contribution < -0.4 is 0 Å². The van der Waals surface area contributed by atoms with Gasteiger partial charge in [0.2, 0.25) is 0 Å². The van der Waals surface area contributed by atoms with Crippen LogP contribution in [0.3, 0.4) is 0 Å². The van der Waals surface area contributed by atoms with Gasteiger partial charge in [0.1, 0.15) is 0 Å². The van der Waals surface area contributed by atoms with Crippen molar-refractivity contribution in [3.63, 3.8) is 0 Å². The molecule has 2 aromatic rings. The van der Waals surface area contributed by atoms with Crippen LogP contribution in [0.1, 0.15) is 80.7 Å². The van der Waals surface area contributed by atoms with E-state index < -0.39 is 0 Å². The van der Waals surface area contributed by atoms with Crippen LogP contribution in [-0.4, -0.2) is 0 Å². The number of rotatable bonds is 8. The Hall–Kier alpha value is -1.82. The summed E-state index contributed by atoms with van der Waals surface area (Å²) in [7, 11) is 0. The van der Waals surface area contributed by atoms with Crippen molar-refractivity contribution < 1.29 is 0 Å². The third-order valence-electron chi connectivity index (χ3n) is 5.47. The van der Waals surface area contributed by atoms with Crippen LogP contribution in [0.2, 0.25) is 0 Å². The summed E-state index contributed by atoms with van der Waals surface area (Å²) in [6, 6.07) is 16.1. The number of fused-ring (bicyclic) bond motifs is 1. The zero-order valence-electron chi connectivity index (χ0n) is 16.2. The van der Waals surface area contributed by atoms with E-state index in [9.17, 15) is 0 Å². The number of hydrogen-bond donors (Lipinski definition) is 0. The van der Waals surface area contributed by atoms with E-state index in [0.29, 0.717) is 0 Å². The molecule has 132 valence electrons. The standard InChI is InChI=1S/C25H32/c1-4-7-15-23-22-16-9-8-13-20(22)18-25(23)24-17-10-14-19(11-5-2)21(24)12-6-3/h8-10,13-14,16-17H,4-7,11-12,15,18H2,1-3H3. The Labute approximate surface area is 154 Å². The van der Waals surface area contributed by atoms with E-state index in [-0.39, 0.29) is 0 Å². The van der Waals surface area contributed by atoms with Crippen LogP contribution in [-0.2, 0) is 19.3 Å². The minimum absolute atomic E-state index is 1.11. The Morgan fingerprint density at radius 2 is 1.48 bits per heavy atom. The second-order valence-electron chi connectivity index (χ2n) is 7.34. The lowest BCUT2D eigenvalue weighted by molar-refractivity contribution is 0.825. The SMILES string of the molecule is CCCCC1=C(c2cccc(CCC)c2CCC)Cc2ccccc21. The summed E-state index contributed by atoms with van der Waals surface area (Å²) in [6.45, 7) is 6.90. The zero-order chi connectivity index (χ0) is 17.6. The first-order valence-electron chi connectivity index (χ1n) is 10.2. The van der Waals surface area contributed by atoms with Gasteiger partial charge in [-0.3, -0.25) is 0 Å². The van der Waals surface area contributed by atoms with Gasteiger partial charge in [0, 0.05) is 0 Å². The van der Waals surface area contributed by atoms with Crippen LogP contribution >= 0.6 is 0 Å². The van der Waals surface area contributed by atoms with Crippen molar-refractivity contribution in [2.24, 2.45) is 0 Å². The second kappa shape index (κ2) is 8.52. The van der Waals surface area contributed by atoms with Crippen LogP contribution in [0.5, 0.6) is 0 Å². The van der Waals surface area contributed by atoms with Crippen LogP contribution in [0.4, 0.5) is 0 Å². The molecule has 0 nitrogen and oxygen atoms in total. The topological polar surface area (TPSA) is 0 Å². The van der Waals surface area contributed by atoms with Gasteiger partial charge in [-0.1, -0.05) is 82.5 Å². The fourth-order valence-electron chi connectivity index (χ4n) is 4.29. The Morgan fingerprint density at radius 1 is 0.720 bits per heavy atom. The molecular formula is C25H32. The van der Waals surface area contributed by atoms with E-state index in [1.54, 1.807) is 22.3 Å². The molecule has 0 saturated carbocycles. The lowest BCUT2D eigenvalue weighted by atomic mass is 9.88. The molecule has 0 aromatic heterocycles. The van der Waals surface area contributed by atoms with Gasteiger partial charge in [-0.15, -0.1) is 0 Å². The van der Waals surface area contributed by atoms with Gasteiger partial charge in [-0.2, -0.15) is 0 Å². The molecule has 2 aromatic carbocycles. The third-order valence-corrected chi connectivity index (χ3v) is 5.47. The first-order chi connectivity index (χ1) is 12.3. The highest BCUT2D eigenvalue weighted by atomic mass is 14.3. The Morgan fingerprint density at radius 3 is 2.24 bits per heavy atom. The quantitative estimate of drug-likeness (QED) is 0.477. The minimum Gasteiger partial charge on any atom is -0.0654 e. The van der Waals surface area contributed by atoms with Crippen molar-refractivity contribution >= 4 is 11.1 Å². The third kappa shape index (κ3) is 3.73. The summed E-state index contributed by atoms with van der Waals surface area (Å²) in [4.78, 5) is 0. The van der Waals surface area contributed by atoms with Crippen molar-refractivity contribution in [3.05, 3.63) is 70.3 Å². The number of unbranched alkanes of at least 4 members (excludes halogenated alkanes) is 1. The fourth-order valence-corrected chi connectivity index (χ4v) is 4.29. The molecule has 3 rings (SSSR count). The summed E-state index contributed by atoms with van der Waals surface area (Å²) in [5.41, 5.74) is 11.0. The average molecular weight is 333 g/mol. The molecular weight excluding hydrogens is 300 g/mol. The van der Waals surface area contributed by atoms with Crippen molar-refractivity contribution in [2.75, 3.05) is 0 Å². The number of allylic oxidation sites excluding steroid dienone is 2. The maximum Gasteiger partial charge on any atom is -0.00107 e.